The second kappa shape index (κ2) is 12.8. The summed E-state index contributed by atoms with van der Waals surface area (Å²) in [4.78, 5) is 26.2. The van der Waals surface area contributed by atoms with Crippen molar-refractivity contribution in [3.8, 4) is 5.75 Å². The van der Waals surface area contributed by atoms with Gasteiger partial charge in [-0.3, -0.25) is 9.59 Å². The minimum atomic E-state index is -1.04. The molecule has 0 radical (unpaired) electrons. The number of amides is 1. The Morgan fingerprint density at radius 1 is 1.11 bits per heavy atom. The average molecular weight is 503 g/mol. The molecule has 2 aromatic rings. The lowest BCUT2D eigenvalue weighted by atomic mass is 9.98. The Hall–Kier alpha value is -2.77. The number of carboxylic acids is 1. The van der Waals surface area contributed by atoms with E-state index in [0.717, 1.165) is 17.0 Å². The normalized spacial score (nSPS) is 20.2. The fraction of sp³-hybridized carbons (Fsp3) is 0.481. The lowest BCUT2D eigenvalue weighted by Crippen LogP contribution is -2.41. The number of carboxylic acid groups (broad SMARTS) is 1. The zero-order chi connectivity index (χ0) is 25.4. The summed E-state index contributed by atoms with van der Waals surface area (Å²) in [7, 11) is 0. The molecule has 3 rings (SSSR count). The van der Waals surface area contributed by atoms with Gasteiger partial charge in [0, 0.05) is 29.2 Å². The number of benzene rings is 2. The van der Waals surface area contributed by atoms with E-state index in [0.29, 0.717) is 43.7 Å². The van der Waals surface area contributed by atoms with E-state index in [9.17, 15) is 19.8 Å². The number of carbonyl (C=O) groups is 2. The van der Waals surface area contributed by atoms with Crippen molar-refractivity contribution in [2.45, 2.75) is 64.2 Å². The molecule has 1 fully saturated rings. The predicted molar refractivity (Wildman–Crippen MR) is 137 cm³/mol. The second-order valence-corrected chi connectivity index (χ2v) is 9.83. The Morgan fingerprint density at radius 2 is 1.83 bits per heavy atom. The first-order valence-electron chi connectivity index (χ1n) is 12.2. The van der Waals surface area contributed by atoms with Crippen LogP contribution in [0, 0.1) is 5.92 Å². The molecule has 0 bridgehead atoms. The highest BCUT2D eigenvalue weighted by Gasteiger charge is 2.32. The van der Waals surface area contributed by atoms with Gasteiger partial charge in [0.15, 0.2) is 0 Å². The standard InChI is InChI=1S/C27H35ClN2O5/c1-18(2)35-23-5-3-4-22(16-23)29-24-12-8-20(9-13-25(24)31)27(34)30(17-26(32)33)15-14-19-6-10-21(28)11-7-19/h3-7,10-11,16,18,20,24-25,29,31H,8-9,12-15,17H2,1-2H3,(H,32,33)/t20-,24+,25+/m1/s1. The molecule has 3 atom stereocenters. The van der Waals surface area contributed by atoms with Crippen molar-refractivity contribution < 1.29 is 24.5 Å². The van der Waals surface area contributed by atoms with Crippen LogP contribution in [0.4, 0.5) is 5.69 Å². The molecular weight excluding hydrogens is 468 g/mol. The van der Waals surface area contributed by atoms with Gasteiger partial charge in [0.05, 0.1) is 18.2 Å². The largest absolute Gasteiger partial charge is 0.491 e. The number of carbonyl (C=O) groups excluding carboxylic acids is 1. The van der Waals surface area contributed by atoms with E-state index in [2.05, 4.69) is 5.32 Å². The lowest BCUT2D eigenvalue weighted by Gasteiger charge is -2.26. The minimum absolute atomic E-state index is 0.0638. The van der Waals surface area contributed by atoms with Crippen LogP contribution in [0.2, 0.25) is 5.02 Å². The molecule has 190 valence electrons. The summed E-state index contributed by atoms with van der Waals surface area (Å²) in [5, 5.41) is 24.2. The number of nitrogens with zero attached hydrogens (tertiary/aromatic N) is 1. The van der Waals surface area contributed by atoms with Crippen molar-refractivity contribution in [3.05, 3.63) is 59.1 Å². The maximum absolute atomic E-state index is 13.3. The number of hydrogen-bond acceptors (Lipinski definition) is 5. The summed E-state index contributed by atoms with van der Waals surface area (Å²) in [6.45, 7) is 3.91. The summed E-state index contributed by atoms with van der Waals surface area (Å²) < 4.78 is 5.76. The fourth-order valence-electron chi connectivity index (χ4n) is 4.46. The smallest absolute Gasteiger partial charge is 0.323 e. The number of aliphatic hydroxyl groups is 1. The van der Waals surface area contributed by atoms with Crippen LogP contribution in [0.1, 0.15) is 45.1 Å². The molecule has 0 aromatic heterocycles. The Balaban J connectivity index is 1.62. The molecule has 8 heteroatoms. The van der Waals surface area contributed by atoms with Gasteiger partial charge in [0.2, 0.25) is 5.91 Å². The number of aliphatic hydroxyl groups excluding tert-OH is 1. The van der Waals surface area contributed by atoms with Crippen LogP contribution in [0.5, 0.6) is 5.75 Å². The highest BCUT2D eigenvalue weighted by molar-refractivity contribution is 6.30. The molecule has 1 aliphatic carbocycles. The van der Waals surface area contributed by atoms with E-state index < -0.39 is 12.1 Å². The quantitative estimate of drug-likeness (QED) is 0.410. The van der Waals surface area contributed by atoms with Gasteiger partial charge in [-0.1, -0.05) is 29.8 Å². The van der Waals surface area contributed by atoms with E-state index in [1.54, 1.807) is 12.1 Å². The molecule has 0 aliphatic heterocycles. The molecule has 0 spiro atoms. The van der Waals surface area contributed by atoms with Crippen LogP contribution < -0.4 is 10.1 Å². The highest BCUT2D eigenvalue weighted by atomic mass is 35.5. The third kappa shape index (κ3) is 8.44. The van der Waals surface area contributed by atoms with Crippen LogP contribution in [-0.2, 0) is 16.0 Å². The average Bonchev–Trinajstić information content (AvgIpc) is 2.98. The molecule has 3 N–H and O–H groups in total. The molecule has 2 aromatic carbocycles. The third-order valence-corrected chi connectivity index (χ3v) is 6.48. The van der Waals surface area contributed by atoms with Gasteiger partial charge in [-0.15, -0.1) is 0 Å². The zero-order valence-electron chi connectivity index (χ0n) is 20.3. The summed E-state index contributed by atoms with van der Waals surface area (Å²) in [6, 6.07) is 14.8. The van der Waals surface area contributed by atoms with Crippen molar-refractivity contribution in [3.63, 3.8) is 0 Å². The molecule has 1 saturated carbocycles. The van der Waals surface area contributed by atoms with Crippen LogP contribution in [-0.4, -0.2) is 58.3 Å². The number of nitrogens with one attached hydrogen (secondary N) is 1. The first-order valence-corrected chi connectivity index (χ1v) is 12.6. The van der Waals surface area contributed by atoms with E-state index in [-0.39, 0.29) is 30.5 Å². The molecule has 0 saturated heterocycles. The number of aliphatic carboxylic acids is 1. The fourth-order valence-corrected chi connectivity index (χ4v) is 4.58. The van der Waals surface area contributed by atoms with Gasteiger partial charge < -0.3 is 25.2 Å². The lowest BCUT2D eigenvalue weighted by molar-refractivity contribution is -0.146. The number of halogens is 1. The van der Waals surface area contributed by atoms with E-state index in [1.165, 1.54) is 4.90 Å². The highest BCUT2D eigenvalue weighted by Crippen LogP contribution is 2.29. The monoisotopic (exact) mass is 502 g/mol. The number of anilines is 1. The van der Waals surface area contributed by atoms with Crippen molar-refractivity contribution >= 4 is 29.2 Å². The summed E-state index contributed by atoms with van der Waals surface area (Å²) in [5.41, 5.74) is 1.84. The maximum atomic E-state index is 13.3. The molecule has 0 heterocycles. The summed E-state index contributed by atoms with van der Waals surface area (Å²) in [6.07, 6.45) is 2.17. The Morgan fingerprint density at radius 3 is 2.51 bits per heavy atom. The van der Waals surface area contributed by atoms with Crippen LogP contribution in [0.3, 0.4) is 0 Å². The Bertz CT molecular complexity index is 982. The molecule has 7 nitrogen and oxygen atoms in total. The Kier molecular flexibility index (Phi) is 9.81. The van der Waals surface area contributed by atoms with Crippen molar-refractivity contribution in [2.24, 2.45) is 5.92 Å². The van der Waals surface area contributed by atoms with Gasteiger partial charge in [-0.25, -0.2) is 0 Å². The minimum Gasteiger partial charge on any atom is -0.491 e. The van der Waals surface area contributed by atoms with E-state index >= 15 is 0 Å². The molecule has 1 amide bonds. The first kappa shape index (κ1) is 26.8. The van der Waals surface area contributed by atoms with Crippen LogP contribution >= 0.6 is 11.6 Å². The van der Waals surface area contributed by atoms with Crippen molar-refractivity contribution in [2.75, 3.05) is 18.4 Å². The predicted octanol–water partition coefficient (Wildman–Crippen LogP) is 4.61. The maximum Gasteiger partial charge on any atom is 0.323 e. The van der Waals surface area contributed by atoms with Crippen molar-refractivity contribution in [1.29, 1.82) is 0 Å². The summed E-state index contributed by atoms with van der Waals surface area (Å²) in [5.74, 6) is -0.768. The van der Waals surface area contributed by atoms with Gasteiger partial charge in [0.25, 0.3) is 0 Å². The molecule has 35 heavy (non-hydrogen) atoms. The van der Waals surface area contributed by atoms with Crippen molar-refractivity contribution in [1.82, 2.24) is 4.90 Å². The zero-order valence-corrected chi connectivity index (χ0v) is 21.1. The van der Waals surface area contributed by atoms with Gasteiger partial charge in [-0.05, 0) is 75.8 Å². The van der Waals surface area contributed by atoms with E-state index in [4.69, 9.17) is 16.3 Å². The molecular formula is C27H35ClN2O5. The summed E-state index contributed by atoms with van der Waals surface area (Å²) >= 11 is 5.94. The topological polar surface area (TPSA) is 99.1 Å². The number of hydrogen-bond donors (Lipinski definition) is 3. The van der Waals surface area contributed by atoms with Crippen LogP contribution in [0.15, 0.2) is 48.5 Å². The van der Waals surface area contributed by atoms with Gasteiger partial charge >= 0.3 is 5.97 Å². The Labute approximate surface area is 212 Å². The van der Waals surface area contributed by atoms with Gasteiger partial charge in [0.1, 0.15) is 12.3 Å². The number of ether oxygens (including phenoxy) is 1. The SMILES string of the molecule is CC(C)Oc1cccc(N[C@H]2CC[C@@H](C(=O)N(CCc3ccc(Cl)cc3)CC(=O)O)CC[C@@H]2O)c1. The number of rotatable bonds is 10. The van der Waals surface area contributed by atoms with E-state index in [1.807, 2.05) is 50.2 Å². The molecule has 0 unspecified atom stereocenters. The molecule has 1 aliphatic rings. The van der Waals surface area contributed by atoms with Gasteiger partial charge in [-0.2, -0.15) is 0 Å². The second-order valence-electron chi connectivity index (χ2n) is 9.39. The first-order chi connectivity index (χ1) is 16.7. The third-order valence-electron chi connectivity index (χ3n) is 6.23. The van der Waals surface area contributed by atoms with Crippen LogP contribution in [0.25, 0.3) is 0 Å².